The topological polar surface area (TPSA) is 106 Å². The zero-order valence-electron chi connectivity index (χ0n) is 15.4. The molecule has 8 nitrogen and oxygen atoms in total. The van der Waals surface area contributed by atoms with E-state index in [1.807, 2.05) is 17.0 Å². The number of H-pyrrole nitrogens is 1. The molecule has 1 amide bonds. The smallest absolute Gasteiger partial charge is 0.219 e. The van der Waals surface area contributed by atoms with Crippen molar-refractivity contribution in [3.8, 4) is 11.3 Å². The van der Waals surface area contributed by atoms with Gasteiger partial charge in [0.05, 0.1) is 23.2 Å². The lowest BCUT2D eigenvalue weighted by molar-refractivity contribution is -0.131. The first kappa shape index (κ1) is 15.6. The van der Waals surface area contributed by atoms with E-state index in [0.717, 1.165) is 58.4 Å². The molecule has 8 heteroatoms. The summed E-state index contributed by atoms with van der Waals surface area (Å²) < 4.78 is 2.31. The van der Waals surface area contributed by atoms with Crippen LogP contribution in [0.3, 0.4) is 0 Å². The van der Waals surface area contributed by atoms with E-state index in [1.165, 1.54) is 6.33 Å². The van der Waals surface area contributed by atoms with Gasteiger partial charge in [-0.2, -0.15) is 0 Å². The number of nitrogens with zero attached hydrogens (tertiary/aromatic N) is 5. The van der Waals surface area contributed by atoms with Gasteiger partial charge in [-0.3, -0.25) is 4.79 Å². The molecule has 0 saturated heterocycles. The number of fused-ring (bicyclic) bond motifs is 5. The number of pyridine rings is 1. The van der Waals surface area contributed by atoms with Crippen LogP contribution < -0.4 is 5.73 Å². The normalized spacial score (nSPS) is 17.4. The third-order valence-corrected chi connectivity index (χ3v) is 6.11. The van der Waals surface area contributed by atoms with Crippen molar-refractivity contribution in [1.82, 2.24) is 29.4 Å². The van der Waals surface area contributed by atoms with Crippen LogP contribution in [-0.2, 0) is 16.9 Å². The van der Waals surface area contributed by atoms with Crippen LogP contribution in [0.1, 0.15) is 25.5 Å². The molecule has 28 heavy (non-hydrogen) atoms. The van der Waals surface area contributed by atoms with Crippen molar-refractivity contribution >= 4 is 33.8 Å². The van der Waals surface area contributed by atoms with Crippen LogP contribution in [0.25, 0.3) is 33.3 Å². The van der Waals surface area contributed by atoms with E-state index in [4.69, 9.17) is 5.73 Å². The molecule has 1 aliphatic carbocycles. The maximum Gasteiger partial charge on any atom is 0.219 e. The Bertz CT molecular complexity index is 1250. The van der Waals surface area contributed by atoms with E-state index in [2.05, 4.69) is 30.6 Å². The first-order chi connectivity index (χ1) is 13.6. The molecular formula is C20H19N7O. The number of carbonyl (C=O) groups is 1. The van der Waals surface area contributed by atoms with Crippen molar-refractivity contribution in [2.75, 3.05) is 12.3 Å². The second kappa shape index (κ2) is 5.09. The third kappa shape index (κ3) is 1.94. The van der Waals surface area contributed by atoms with Crippen molar-refractivity contribution in [1.29, 1.82) is 0 Å². The highest BCUT2D eigenvalue weighted by Crippen LogP contribution is 2.52. The highest BCUT2D eigenvalue weighted by Gasteiger charge is 2.52. The van der Waals surface area contributed by atoms with Gasteiger partial charge in [-0.05, 0) is 31.0 Å². The summed E-state index contributed by atoms with van der Waals surface area (Å²) in [5.41, 5.74) is 10.9. The Balaban J connectivity index is 1.71. The van der Waals surface area contributed by atoms with Crippen LogP contribution in [0.4, 0.5) is 5.82 Å². The summed E-state index contributed by atoms with van der Waals surface area (Å²) in [6.45, 7) is 2.89. The van der Waals surface area contributed by atoms with Crippen LogP contribution in [-0.4, -0.2) is 41.9 Å². The van der Waals surface area contributed by atoms with E-state index in [-0.39, 0.29) is 11.4 Å². The van der Waals surface area contributed by atoms with E-state index in [0.29, 0.717) is 12.4 Å². The monoisotopic (exact) mass is 373 g/mol. The summed E-state index contributed by atoms with van der Waals surface area (Å²) in [6.07, 6.45) is 5.36. The number of aromatic nitrogens is 5. The minimum atomic E-state index is -0.0825. The number of nitrogens with two attached hydrogens (primary N) is 1. The summed E-state index contributed by atoms with van der Waals surface area (Å²) in [7, 11) is 0. The van der Waals surface area contributed by atoms with E-state index >= 15 is 0 Å². The Morgan fingerprint density at radius 1 is 1.29 bits per heavy atom. The first-order valence-corrected chi connectivity index (χ1v) is 9.41. The van der Waals surface area contributed by atoms with Crippen molar-refractivity contribution in [3.05, 3.63) is 36.4 Å². The second-order valence-corrected chi connectivity index (χ2v) is 7.84. The molecule has 1 saturated carbocycles. The van der Waals surface area contributed by atoms with E-state index < -0.39 is 0 Å². The van der Waals surface area contributed by atoms with Gasteiger partial charge in [0.25, 0.3) is 0 Å². The van der Waals surface area contributed by atoms with Crippen LogP contribution >= 0.6 is 0 Å². The van der Waals surface area contributed by atoms with Crippen molar-refractivity contribution in [2.24, 2.45) is 0 Å². The number of anilines is 1. The molecule has 4 aromatic rings. The summed E-state index contributed by atoms with van der Waals surface area (Å²) in [5, 5.41) is 1.88. The molecule has 3 N–H and O–H groups in total. The fourth-order valence-corrected chi connectivity index (χ4v) is 4.64. The summed E-state index contributed by atoms with van der Waals surface area (Å²) in [5.74, 6) is 0.546. The number of amides is 1. The molecule has 1 spiro atoms. The number of aromatic amines is 1. The second-order valence-electron chi connectivity index (χ2n) is 7.84. The molecule has 1 fully saturated rings. The van der Waals surface area contributed by atoms with Crippen LogP contribution in [0.5, 0.6) is 0 Å². The molecule has 2 aliphatic rings. The van der Waals surface area contributed by atoms with Crippen LogP contribution in [0.15, 0.2) is 30.7 Å². The predicted molar refractivity (Wildman–Crippen MR) is 105 cm³/mol. The summed E-state index contributed by atoms with van der Waals surface area (Å²) in [4.78, 5) is 30.9. The van der Waals surface area contributed by atoms with E-state index in [9.17, 15) is 4.79 Å². The fraction of sp³-hybridized carbons (Fsp3) is 0.300. The molecule has 0 bridgehead atoms. The SMILES string of the molecule is CC(=O)N1Cc2c(-c3cc4cccnc4[nH]3)c3c(N)ncnc3n2C2(CC2)C1. The molecule has 6 rings (SSSR count). The number of carbonyl (C=O) groups excluding carboxylic acids is 1. The lowest BCUT2D eigenvalue weighted by Crippen LogP contribution is -2.44. The zero-order chi connectivity index (χ0) is 19.0. The van der Waals surface area contributed by atoms with Crippen molar-refractivity contribution in [3.63, 3.8) is 0 Å². The molecule has 5 heterocycles. The van der Waals surface area contributed by atoms with Crippen molar-refractivity contribution in [2.45, 2.75) is 31.8 Å². The Hall–Kier alpha value is -3.42. The predicted octanol–water partition coefficient (Wildman–Crippen LogP) is 2.41. The zero-order valence-corrected chi connectivity index (χ0v) is 15.4. The molecule has 0 unspecified atom stereocenters. The van der Waals surface area contributed by atoms with Crippen LogP contribution in [0.2, 0.25) is 0 Å². The standard InChI is InChI=1S/C20H19N7O/c1-11(28)26-8-14-15(13-7-12-3-2-6-22-18(12)25-13)16-17(21)23-10-24-19(16)27(14)20(9-26)4-5-20/h2-3,6-7,10H,4-5,8-9H2,1H3,(H,22,25)(H2,21,23,24). The molecule has 0 aromatic carbocycles. The Morgan fingerprint density at radius 2 is 2.14 bits per heavy atom. The average molecular weight is 373 g/mol. The van der Waals surface area contributed by atoms with Crippen molar-refractivity contribution < 1.29 is 4.79 Å². The number of rotatable bonds is 1. The number of hydrogen-bond donors (Lipinski definition) is 2. The molecule has 0 radical (unpaired) electrons. The van der Waals surface area contributed by atoms with Gasteiger partial charge in [-0.1, -0.05) is 0 Å². The van der Waals surface area contributed by atoms with Gasteiger partial charge in [0.1, 0.15) is 23.4 Å². The van der Waals surface area contributed by atoms with Gasteiger partial charge in [0.15, 0.2) is 0 Å². The minimum absolute atomic E-state index is 0.0825. The van der Waals surface area contributed by atoms with E-state index in [1.54, 1.807) is 13.1 Å². The van der Waals surface area contributed by atoms with Gasteiger partial charge < -0.3 is 20.2 Å². The van der Waals surface area contributed by atoms with Crippen LogP contribution in [0, 0.1) is 0 Å². The Morgan fingerprint density at radius 3 is 2.89 bits per heavy atom. The fourth-order valence-electron chi connectivity index (χ4n) is 4.64. The Kier molecular flexibility index (Phi) is 2.84. The molecule has 4 aromatic heterocycles. The minimum Gasteiger partial charge on any atom is -0.383 e. The first-order valence-electron chi connectivity index (χ1n) is 9.41. The summed E-state index contributed by atoms with van der Waals surface area (Å²) in [6, 6.07) is 6.02. The maximum atomic E-state index is 12.2. The Labute approximate surface area is 160 Å². The molecule has 140 valence electrons. The number of nitrogen functional groups attached to an aromatic ring is 1. The van der Waals surface area contributed by atoms with Gasteiger partial charge in [-0.15, -0.1) is 0 Å². The molecular weight excluding hydrogens is 354 g/mol. The highest BCUT2D eigenvalue weighted by molar-refractivity contribution is 6.03. The molecule has 0 atom stereocenters. The van der Waals surface area contributed by atoms with Gasteiger partial charge >= 0.3 is 0 Å². The lowest BCUT2D eigenvalue weighted by Gasteiger charge is -2.35. The van der Waals surface area contributed by atoms with Gasteiger partial charge in [0, 0.05) is 36.3 Å². The third-order valence-electron chi connectivity index (χ3n) is 6.11. The maximum absolute atomic E-state index is 12.2. The quantitative estimate of drug-likeness (QED) is 0.533. The van der Waals surface area contributed by atoms with Gasteiger partial charge in [-0.25, -0.2) is 15.0 Å². The highest BCUT2D eigenvalue weighted by atomic mass is 16.2. The van der Waals surface area contributed by atoms with Gasteiger partial charge in [0.2, 0.25) is 5.91 Å². The number of nitrogens with one attached hydrogen (secondary N) is 1. The summed E-state index contributed by atoms with van der Waals surface area (Å²) >= 11 is 0. The molecule has 1 aliphatic heterocycles. The average Bonchev–Trinajstić information content (AvgIpc) is 3.16. The lowest BCUT2D eigenvalue weighted by atomic mass is 10.1. The largest absolute Gasteiger partial charge is 0.383 e. The number of hydrogen-bond acceptors (Lipinski definition) is 5.